The average molecular weight is 332 g/mol. The van der Waals surface area contributed by atoms with E-state index in [1.807, 2.05) is 59.3 Å². The molecule has 0 aliphatic rings. The minimum absolute atomic E-state index is 0.368. The Balaban J connectivity index is 1.46. The van der Waals surface area contributed by atoms with Crippen molar-refractivity contribution in [3.63, 3.8) is 0 Å². The second-order valence-electron chi connectivity index (χ2n) is 5.51. The smallest absolute Gasteiger partial charge is 0.173 e. The average Bonchev–Trinajstić information content (AvgIpc) is 3.32. The van der Waals surface area contributed by atoms with E-state index in [0.717, 1.165) is 22.6 Å². The second-order valence-corrected chi connectivity index (χ2v) is 5.51. The Morgan fingerprint density at radius 1 is 1.08 bits per heavy atom. The second kappa shape index (κ2) is 6.48. The number of anilines is 1. The molecule has 7 nitrogen and oxygen atoms in total. The zero-order valence-electron chi connectivity index (χ0n) is 13.3. The molecule has 0 saturated heterocycles. The fourth-order valence-electron chi connectivity index (χ4n) is 2.53. The summed E-state index contributed by atoms with van der Waals surface area (Å²) in [7, 11) is 0. The van der Waals surface area contributed by atoms with Crippen molar-refractivity contribution in [2.24, 2.45) is 0 Å². The van der Waals surface area contributed by atoms with E-state index in [-0.39, 0.29) is 0 Å². The van der Waals surface area contributed by atoms with Gasteiger partial charge >= 0.3 is 0 Å². The summed E-state index contributed by atoms with van der Waals surface area (Å²) in [5, 5.41) is 10.4. The van der Waals surface area contributed by atoms with Gasteiger partial charge in [0.25, 0.3) is 0 Å². The number of ether oxygens (including phenoxy) is 1. The molecule has 2 aromatic carbocycles. The van der Waals surface area contributed by atoms with E-state index in [1.165, 1.54) is 0 Å². The molecule has 0 saturated carbocycles. The highest BCUT2D eigenvalue weighted by Crippen LogP contribution is 2.25. The molecule has 2 heterocycles. The predicted octanol–water partition coefficient (Wildman–Crippen LogP) is 2.82. The summed E-state index contributed by atoms with van der Waals surface area (Å²) >= 11 is 0. The van der Waals surface area contributed by atoms with E-state index in [2.05, 4.69) is 20.4 Å². The van der Waals surface area contributed by atoms with Crippen LogP contribution < -0.4 is 10.5 Å². The minimum atomic E-state index is 0.368. The van der Waals surface area contributed by atoms with Gasteiger partial charge in [-0.2, -0.15) is 10.3 Å². The third-order valence-electron chi connectivity index (χ3n) is 3.83. The van der Waals surface area contributed by atoms with Gasteiger partial charge in [0, 0.05) is 23.6 Å². The summed E-state index contributed by atoms with van der Waals surface area (Å²) in [6.45, 7) is 0.474. The van der Waals surface area contributed by atoms with E-state index in [9.17, 15) is 0 Å². The standard InChI is InChI=1S/C18H16N6O/c19-18-17(21-23-22-18)14-2-1-3-16(10-14)25-11-13-4-6-15(7-5-13)24-9-8-20-12-24/h1-10,12H,11H2,(H3,19,21,22,23). The third-order valence-corrected chi connectivity index (χ3v) is 3.83. The van der Waals surface area contributed by atoms with E-state index >= 15 is 0 Å². The number of imidazole rings is 1. The summed E-state index contributed by atoms with van der Waals surface area (Å²) in [6.07, 6.45) is 5.44. The van der Waals surface area contributed by atoms with Crippen LogP contribution in [0, 0.1) is 0 Å². The molecule has 0 spiro atoms. The van der Waals surface area contributed by atoms with Crippen LogP contribution in [0.3, 0.4) is 0 Å². The molecule has 0 radical (unpaired) electrons. The lowest BCUT2D eigenvalue weighted by atomic mass is 10.1. The fourth-order valence-corrected chi connectivity index (χ4v) is 2.53. The predicted molar refractivity (Wildman–Crippen MR) is 94.1 cm³/mol. The van der Waals surface area contributed by atoms with Crippen molar-refractivity contribution in [2.75, 3.05) is 5.73 Å². The minimum Gasteiger partial charge on any atom is -0.489 e. The first-order valence-electron chi connectivity index (χ1n) is 7.76. The molecule has 0 unspecified atom stereocenters. The van der Waals surface area contributed by atoms with Gasteiger partial charge in [-0.25, -0.2) is 4.98 Å². The van der Waals surface area contributed by atoms with E-state index in [4.69, 9.17) is 10.5 Å². The number of nitrogens with one attached hydrogen (secondary N) is 1. The van der Waals surface area contributed by atoms with Crippen LogP contribution in [0.25, 0.3) is 16.9 Å². The van der Waals surface area contributed by atoms with Crippen molar-refractivity contribution >= 4 is 5.82 Å². The van der Waals surface area contributed by atoms with Crippen LogP contribution in [-0.4, -0.2) is 25.0 Å². The number of nitrogens with zero attached hydrogens (tertiary/aromatic N) is 4. The van der Waals surface area contributed by atoms with Gasteiger partial charge in [0.05, 0.1) is 6.33 Å². The molecule has 4 rings (SSSR count). The molecule has 3 N–H and O–H groups in total. The van der Waals surface area contributed by atoms with Crippen molar-refractivity contribution in [1.29, 1.82) is 0 Å². The van der Waals surface area contributed by atoms with Gasteiger partial charge in [0.1, 0.15) is 18.1 Å². The summed E-state index contributed by atoms with van der Waals surface area (Å²) in [5.74, 6) is 1.12. The molecule has 124 valence electrons. The number of hydrogen-bond donors (Lipinski definition) is 2. The highest BCUT2D eigenvalue weighted by molar-refractivity contribution is 5.70. The van der Waals surface area contributed by atoms with Crippen LogP contribution in [0.1, 0.15) is 5.56 Å². The summed E-state index contributed by atoms with van der Waals surface area (Å²) in [5.41, 5.74) is 9.41. The number of rotatable bonds is 5. The first-order chi connectivity index (χ1) is 12.3. The molecule has 0 atom stereocenters. The van der Waals surface area contributed by atoms with Crippen molar-refractivity contribution in [3.05, 3.63) is 72.8 Å². The van der Waals surface area contributed by atoms with Gasteiger partial charge in [0.2, 0.25) is 0 Å². The normalized spacial score (nSPS) is 10.7. The maximum atomic E-state index is 5.88. The molecule has 4 aromatic rings. The van der Waals surface area contributed by atoms with Crippen LogP contribution >= 0.6 is 0 Å². The van der Waals surface area contributed by atoms with E-state index in [1.54, 1.807) is 12.5 Å². The maximum absolute atomic E-state index is 5.88. The van der Waals surface area contributed by atoms with Crippen LogP contribution in [0.5, 0.6) is 5.75 Å². The van der Waals surface area contributed by atoms with Crippen LogP contribution in [0.4, 0.5) is 5.82 Å². The first kappa shape index (κ1) is 14.9. The highest BCUT2D eigenvalue weighted by Gasteiger charge is 2.08. The molecule has 2 aromatic heterocycles. The topological polar surface area (TPSA) is 94.6 Å². The van der Waals surface area contributed by atoms with Gasteiger partial charge in [-0.1, -0.05) is 24.3 Å². The number of hydrogen-bond acceptors (Lipinski definition) is 5. The largest absolute Gasteiger partial charge is 0.489 e. The molecule has 0 aliphatic carbocycles. The van der Waals surface area contributed by atoms with E-state index in [0.29, 0.717) is 18.1 Å². The van der Waals surface area contributed by atoms with Crippen molar-refractivity contribution in [1.82, 2.24) is 25.0 Å². The molecule has 25 heavy (non-hydrogen) atoms. The molecule has 0 amide bonds. The molecule has 0 aliphatic heterocycles. The van der Waals surface area contributed by atoms with Crippen LogP contribution in [0.15, 0.2) is 67.3 Å². The summed E-state index contributed by atoms with van der Waals surface area (Å²) < 4.78 is 7.84. The van der Waals surface area contributed by atoms with E-state index < -0.39 is 0 Å². The number of H-pyrrole nitrogens is 1. The molecule has 0 bridgehead atoms. The number of benzene rings is 2. The summed E-state index contributed by atoms with van der Waals surface area (Å²) in [6, 6.07) is 15.8. The monoisotopic (exact) mass is 332 g/mol. The number of nitrogen functional groups attached to an aromatic ring is 1. The zero-order valence-corrected chi connectivity index (χ0v) is 13.3. The first-order valence-corrected chi connectivity index (χ1v) is 7.76. The van der Waals surface area contributed by atoms with Crippen LogP contribution in [0.2, 0.25) is 0 Å². The SMILES string of the molecule is Nc1n[nH]nc1-c1cccc(OCc2ccc(-n3ccnc3)cc2)c1. The third kappa shape index (κ3) is 3.20. The van der Waals surface area contributed by atoms with Crippen molar-refractivity contribution in [3.8, 4) is 22.7 Å². The fraction of sp³-hybridized carbons (Fsp3) is 0.0556. The zero-order chi connectivity index (χ0) is 17.1. The number of nitrogens with two attached hydrogens (primary N) is 1. The Hall–Kier alpha value is -3.61. The Labute approximate surface area is 144 Å². The lowest BCUT2D eigenvalue weighted by molar-refractivity contribution is 0.306. The maximum Gasteiger partial charge on any atom is 0.173 e. The Bertz CT molecular complexity index is 959. The van der Waals surface area contributed by atoms with Gasteiger partial charge in [-0.05, 0) is 29.8 Å². The lowest BCUT2D eigenvalue weighted by Gasteiger charge is -2.09. The Kier molecular flexibility index (Phi) is 3.88. The Morgan fingerprint density at radius 2 is 1.96 bits per heavy atom. The van der Waals surface area contributed by atoms with Crippen molar-refractivity contribution in [2.45, 2.75) is 6.61 Å². The van der Waals surface area contributed by atoms with Gasteiger partial charge in [0.15, 0.2) is 5.82 Å². The number of aromatic amines is 1. The van der Waals surface area contributed by atoms with Gasteiger partial charge in [-0.15, -0.1) is 5.10 Å². The van der Waals surface area contributed by atoms with Gasteiger partial charge < -0.3 is 15.0 Å². The highest BCUT2D eigenvalue weighted by atomic mass is 16.5. The van der Waals surface area contributed by atoms with Crippen molar-refractivity contribution < 1.29 is 4.74 Å². The molecular weight excluding hydrogens is 316 g/mol. The molecular formula is C18H16N6O. The molecule has 0 fully saturated rings. The molecule has 7 heteroatoms. The number of aromatic nitrogens is 5. The Morgan fingerprint density at radius 3 is 2.68 bits per heavy atom. The summed E-state index contributed by atoms with van der Waals surface area (Å²) in [4.78, 5) is 4.05. The lowest BCUT2D eigenvalue weighted by Crippen LogP contribution is -1.97. The van der Waals surface area contributed by atoms with Gasteiger partial charge in [-0.3, -0.25) is 0 Å². The quantitative estimate of drug-likeness (QED) is 0.586. The van der Waals surface area contributed by atoms with Crippen LogP contribution in [-0.2, 0) is 6.61 Å².